The highest BCUT2D eigenvalue weighted by atomic mass is 16.3. The molecule has 1 N–H and O–H groups in total. The Hall–Kier alpha value is -2.42. The van der Waals surface area contributed by atoms with Gasteiger partial charge in [0.25, 0.3) is 0 Å². The molecule has 2 nitrogen and oxygen atoms in total. The second kappa shape index (κ2) is 10.6. The maximum Gasteiger partial charge on any atom is 0.0628 e. The molecule has 0 bridgehead atoms. The van der Waals surface area contributed by atoms with Gasteiger partial charge in [-0.05, 0) is 55.2 Å². The van der Waals surface area contributed by atoms with E-state index < -0.39 is 0 Å². The molecule has 3 atom stereocenters. The molecular formula is C28H33NO. The molecule has 2 heteroatoms. The molecular weight excluding hydrogens is 366 g/mol. The molecule has 4 rings (SSSR count). The predicted octanol–water partition coefficient (Wildman–Crippen LogP) is 5.82. The molecule has 0 spiro atoms. The average Bonchev–Trinajstić information content (AvgIpc) is 3.21. The van der Waals surface area contributed by atoms with Gasteiger partial charge in [0.05, 0.1) is 12.6 Å². The second-order valence-electron chi connectivity index (χ2n) is 8.49. The number of hydrogen-bond donors (Lipinski definition) is 1. The van der Waals surface area contributed by atoms with Crippen molar-refractivity contribution in [1.29, 1.82) is 0 Å². The standard InChI is InChI=1S/C28H33NO/c30-22-28(25-14-8-3-9-15-25)29-26(18-16-23-10-4-1-5-11-23)20-21-27(29)19-17-24-12-6-2-7-13-24/h1-15,26-28,30H,16-22H2/t26-,27-,28-/m1/s1. The van der Waals surface area contributed by atoms with E-state index in [-0.39, 0.29) is 12.6 Å². The van der Waals surface area contributed by atoms with Crippen LogP contribution >= 0.6 is 0 Å². The maximum atomic E-state index is 10.4. The number of rotatable bonds is 9. The minimum atomic E-state index is 0.0789. The number of aryl methyl sites for hydroxylation is 2. The fourth-order valence-corrected chi connectivity index (χ4v) is 5.08. The Bertz CT molecular complexity index is 813. The van der Waals surface area contributed by atoms with Gasteiger partial charge < -0.3 is 5.11 Å². The molecule has 1 aliphatic rings. The van der Waals surface area contributed by atoms with E-state index in [0.717, 1.165) is 25.7 Å². The third-order valence-electron chi connectivity index (χ3n) is 6.61. The van der Waals surface area contributed by atoms with Crippen LogP contribution in [0.25, 0.3) is 0 Å². The highest BCUT2D eigenvalue weighted by molar-refractivity contribution is 5.21. The Balaban J connectivity index is 1.51. The summed E-state index contributed by atoms with van der Waals surface area (Å²) in [5.41, 5.74) is 4.05. The van der Waals surface area contributed by atoms with E-state index in [1.165, 1.54) is 29.5 Å². The number of benzene rings is 3. The van der Waals surface area contributed by atoms with Gasteiger partial charge in [0.2, 0.25) is 0 Å². The van der Waals surface area contributed by atoms with Crippen LogP contribution in [-0.4, -0.2) is 28.7 Å². The summed E-state index contributed by atoms with van der Waals surface area (Å²) in [6.07, 6.45) is 6.93. The van der Waals surface area contributed by atoms with E-state index in [0.29, 0.717) is 12.1 Å². The van der Waals surface area contributed by atoms with Gasteiger partial charge in [0.1, 0.15) is 0 Å². The molecule has 0 radical (unpaired) electrons. The second-order valence-corrected chi connectivity index (χ2v) is 8.49. The first-order valence-electron chi connectivity index (χ1n) is 11.4. The molecule has 1 aliphatic heterocycles. The number of hydrogen-bond acceptors (Lipinski definition) is 2. The van der Waals surface area contributed by atoms with E-state index >= 15 is 0 Å². The molecule has 0 saturated carbocycles. The summed E-state index contributed by atoms with van der Waals surface area (Å²) in [6.45, 7) is 0.174. The van der Waals surface area contributed by atoms with Crippen molar-refractivity contribution >= 4 is 0 Å². The highest BCUT2D eigenvalue weighted by Gasteiger charge is 2.37. The molecule has 30 heavy (non-hydrogen) atoms. The minimum Gasteiger partial charge on any atom is -0.394 e. The topological polar surface area (TPSA) is 23.5 Å². The van der Waals surface area contributed by atoms with Gasteiger partial charge in [-0.1, -0.05) is 91.0 Å². The van der Waals surface area contributed by atoms with Gasteiger partial charge in [-0.3, -0.25) is 4.90 Å². The van der Waals surface area contributed by atoms with Crippen molar-refractivity contribution in [3.05, 3.63) is 108 Å². The normalized spacial score (nSPS) is 20.3. The first-order chi connectivity index (χ1) is 14.8. The van der Waals surface area contributed by atoms with Crippen LogP contribution in [0.5, 0.6) is 0 Å². The van der Waals surface area contributed by atoms with Crippen LogP contribution in [0, 0.1) is 0 Å². The molecule has 1 fully saturated rings. The van der Waals surface area contributed by atoms with E-state index in [1.807, 2.05) is 0 Å². The van der Waals surface area contributed by atoms with Crippen LogP contribution in [-0.2, 0) is 12.8 Å². The van der Waals surface area contributed by atoms with Gasteiger partial charge in [-0.15, -0.1) is 0 Å². The van der Waals surface area contributed by atoms with Crippen LogP contribution < -0.4 is 0 Å². The highest BCUT2D eigenvalue weighted by Crippen LogP contribution is 2.37. The van der Waals surface area contributed by atoms with Crippen LogP contribution in [0.15, 0.2) is 91.0 Å². The van der Waals surface area contributed by atoms with Crippen molar-refractivity contribution in [3.8, 4) is 0 Å². The van der Waals surface area contributed by atoms with E-state index in [9.17, 15) is 5.11 Å². The summed E-state index contributed by atoms with van der Waals surface area (Å²) in [5, 5.41) is 10.4. The molecule has 3 aromatic carbocycles. The van der Waals surface area contributed by atoms with Crippen LogP contribution in [0.1, 0.15) is 48.4 Å². The first kappa shape index (κ1) is 20.8. The average molecular weight is 400 g/mol. The van der Waals surface area contributed by atoms with Gasteiger partial charge >= 0.3 is 0 Å². The lowest BCUT2D eigenvalue weighted by atomic mass is 9.99. The fourth-order valence-electron chi connectivity index (χ4n) is 5.08. The SMILES string of the molecule is OC[C@H](c1ccccc1)N1[C@H](CCc2ccccc2)CC[C@H]1CCc1ccccc1. The summed E-state index contributed by atoms with van der Waals surface area (Å²) in [7, 11) is 0. The summed E-state index contributed by atoms with van der Waals surface area (Å²) >= 11 is 0. The van der Waals surface area contributed by atoms with Gasteiger partial charge in [-0.25, -0.2) is 0 Å². The van der Waals surface area contributed by atoms with Crippen LogP contribution in [0.2, 0.25) is 0 Å². The summed E-state index contributed by atoms with van der Waals surface area (Å²) in [6, 6.07) is 33.3. The summed E-state index contributed by atoms with van der Waals surface area (Å²) in [4.78, 5) is 2.65. The van der Waals surface area contributed by atoms with Gasteiger partial charge in [0, 0.05) is 12.1 Å². The van der Waals surface area contributed by atoms with Crippen molar-refractivity contribution in [2.75, 3.05) is 6.61 Å². The number of aliphatic hydroxyl groups excluding tert-OH is 1. The zero-order chi connectivity index (χ0) is 20.6. The van der Waals surface area contributed by atoms with E-state index in [4.69, 9.17) is 0 Å². The zero-order valence-electron chi connectivity index (χ0n) is 17.7. The van der Waals surface area contributed by atoms with Crippen LogP contribution in [0.4, 0.5) is 0 Å². The molecule has 1 heterocycles. The molecule has 1 saturated heterocycles. The monoisotopic (exact) mass is 399 g/mol. The number of aliphatic hydroxyl groups is 1. The zero-order valence-corrected chi connectivity index (χ0v) is 17.7. The molecule has 156 valence electrons. The maximum absolute atomic E-state index is 10.4. The summed E-state index contributed by atoms with van der Waals surface area (Å²) in [5.74, 6) is 0. The van der Waals surface area contributed by atoms with Crippen molar-refractivity contribution in [1.82, 2.24) is 4.90 Å². The molecule has 0 amide bonds. The summed E-state index contributed by atoms with van der Waals surface area (Å²) < 4.78 is 0. The van der Waals surface area contributed by atoms with E-state index in [1.54, 1.807) is 0 Å². The van der Waals surface area contributed by atoms with E-state index in [2.05, 4.69) is 95.9 Å². The van der Waals surface area contributed by atoms with Crippen molar-refractivity contribution < 1.29 is 5.11 Å². The van der Waals surface area contributed by atoms with Crippen molar-refractivity contribution in [2.45, 2.75) is 56.7 Å². The van der Waals surface area contributed by atoms with Crippen molar-refractivity contribution in [3.63, 3.8) is 0 Å². The lowest BCUT2D eigenvalue weighted by Crippen LogP contribution is -2.41. The Kier molecular flexibility index (Phi) is 7.34. The Morgan fingerprint density at radius 2 is 1.10 bits per heavy atom. The third-order valence-corrected chi connectivity index (χ3v) is 6.61. The van der Waals surface area contributed by atoms with Crippen molar-refractivity contribution in [2.24, 2.45) is 0 Å². The Morgan fingerprint density at radius 3 is 1.53 bits per heavy atom. The molecule has 0 aromatic heterocycles. The Labute approximate surface area is 181 Å². The predicted molar refractivity (Wildman–Crippen MR) is 124 cm³/mol. The molecule has 0 unspecified atom stereocenters. The lowest BCUT2D eigenvalue weighted by Gasteiger charge is -2.37. The van der Waals surface area contributed by atoms with Crippen LogP contribution in [0.3, 0.4) is 0 Å². The largest absolute Gasteiger partial charge is 0.394 e. The molecule has 3 aromatic rings. The number of likely N-dealkylation sites (tertiary alicyclic amines) is 1. The first-order valence-corrected chi connectivity index (χ1v) is 11.4. The van der Waals surface area contributed by atoms with Gasteiger partial charge in [-0.2, -0.15) is 0 Å². The van der Waals surface area contributed by atoms with Gasteiger partial charge in [0.15, 0.2) is 0 Å². The quantitative estimate of drug-likeness (QED) is 0.490. The third kappa shape index (κ3) is 5.19. The minimum absolute atomic E-state index is 0.0789. The fraction of sp³-hybridized carbons (Fsp3) is 0.357. The number of nitrogens with zero attached hydrogens (tertiary/aromatic N) is 1. The smallest absolute Gasteiger partial charge is 0.0628 e. The Morgan fingerprint density at radius 1 is 0.667 bits per heavy atom. The molecule has 0 aliphatic carbocycles. The lowest BCUT2D eigenvalue weighted by molar-refractivity contribution is 0.0707.